The molecule has 0 amide bonds. The predicted molar refractivity (Wildman–Crippen MR) is 89.9 cm³/mol. The van der Waals surface area contributed by atoms with E-state index in [9.17, 15) is 0 Å². The van der Waals surface area contributed by atoms with E-state index in [-0.39, 0.29) is 6.04 Å². The van der Waals surface area contributed by atoms with Crippen molar-refractivity contribution >= 4 is 27.3 Å². The van der Waals surface area contributed by atoms with E-state index >= 15 is 0 Å². The number of hydrogen-bond donors (Lipinski definition) is 1. The van der Waals surface area contributed by atoms with E-state index in [1.165, 1.54) is 19.8 Å². The van der Waals surface area contributed by atoms with Crippen LogP contribution >= 0.6 is 27.3 Å². The molecule has 1 heterocycles. The summed E-state index contributed by atoms with van der Waals surface area (Å²) in [5.74, 6) is 0.956. The molecule has 0 aliphatic carbocycles. The van der Waals surface area contributed by atoms with Crippen molar-refractivity contribution in [2.75, 3.05) is 13.7 Å². The number of benzene rings is 1. The van der Waals surface area contributed by atoms with Crippen LogP contribution in [0.5, 0.6) is 5.75 Å². The smallest absolute Gasteiger partial charge is 0.123 e. The van der Waals surface area contributed by atoms with Gasteiger partial charge in [-0.15, -0.1) is 11.3 Å². The third kappa shape index (κ3) is 3.84. The zero-order chi connectivity index (χ0) is 14.5. The molecule has 1 aromatic carbocycles. The molecule has 4 heteroatoms. The van der Waals surface area contributed by atoms with Crippen molar-refractivity contribution in [2.45, 2.75) is 26.3 Å². The highest BCUT2D eigenvalue weighted by atomic mass is 79.9. The zero-order valence-electron chi connectivity index (χ0n) is 12.1. The second-order valence-electron chi connectivity index (χ2n) is 4.77. The first-order chi connectivity index (χ1) is 9.63. The number of aryl methyl sites for hydroxylation is 1. The number of halogens is 1. The molecule has 2 nitrogen and oxygen atoms in total. The SMILES string of the molecule is CCNC(Cc1ccc(Br)s1)c1cc(C)ccc1OC. The van der Waals surface area contributed by atoms with Crippen molar-refractivity contribution in [1.29, 1.82) is 0 Å². The first kappa shape index (κ1) is 15.5. The molecule has 108 valence electrons. The highest BCUT2D eigenvalue weighted by Crippen LogP contribution is 2.31. The van der Waals surface area contributed by atoms with Gasteiger partial charge in [-0.3, -0.25) is 0 Å². The molecular weight excluding hydrogens is 334 g/mol. The summed E-state index contributed by atoms with van der Waals surface area (Å²) in [6, 6.07) is 10.9. The van der Waals surface area contributed by atoms with Crippen LogP contribution in [-0.2, 0) is 6.42 Å². The van der Waals surface area contributed by atoms with Gasteiger partial charge in [-0.2, -0.15) is 0 Å². The Morgan fingerprint density at radius 3 is 2.70 bits per heavy atom. The van der Waals surface area contributed by atoms with Gasteiger partial charge >= 0.3 is 0 Å². The number of hydrogen-bond acceptors (Lipinski definition) is 3. The van der Waals surface area contributed by atoms with E-state index in [1.807, 2.05) is 0 Å². The van der Waals surface area contributed by atoms with Gasteiger partial charge in [0.2, 0.25) is 0 Å². The van der Waals surface area contributed by atoms with E-state index < -0.39 is 0 Å². The Hall–Kier alpha value is -0.840. The van der Waals surface area contributed by atoms with E-state index in [2.05, 4.69) is 65.4 Å². The maximum absolute atomic E-state index is 5.52. The minimum Gasteiger partial charge on any atom is -0.496 e. The molecule has 0 saturated carbocycles. The van der Waals surface area contributed by atoms with Gasteiger partial charge in [-0.05, 0) is 47.6 Å². The molecule has 20 heavy (non-hydrogen) atoms. The second kappa shape index (κ2) is 7.25. The summed E-state index contributed by atoms with van der Waals surface area (Å²) >= 11 is 5.32. The summed E-state index contributed by atoms with van der Waals surface area (Å²) in [5, 5.41) is 3.57. The highest BCUT2D eigenvalue weighted by molar-refractivity contribution is 9.11. The van der Waals surface area contributed by atoms with Crippen molar-refractivity contribution in [1.82, 2.24) is 5.32 Å². The molecule has 0 bridgehead atoms. The topological polar surface area (TPSA) is 21.3 Å². The van der Waals surface area contributed by atoms with Gasteiger partial charge in [0.15, 0.2) is 0 Å². The Morgan fingerprint density at radius 1 is 1.30 bits per heavy atom. The maximum atomic E-state index is 5.52. The van der Waals surface area contributed by atoms with E-state index in [4.69, 9.17) is 4.74 Å². The highest BCUT2D eigenvalue weighted by Gasteiger charge is 2.17. The lowest BCUT2D eigenvalue weighted by molar-refractivity contribution is 0.399. The van der Waals surface area contributed by atoms with Crippen molar-refractivity contribution in [3.8, 4) is 5.75 Å². The summed E-state index contributed by atoms with van der Waals surface area (Å²) in [7, 11) is 1.74. The van der Waals surface area contributed by atoms with Crippen LogP contribution in [0.4, 0.5) is 0 Å². The molecule has 0 fully saturated rings. The van der Waals surface area contributed by atoms with Crippen LogP contribution in [0.1, 0.15) is 29.0 Å². The second-order valence-corrected chi connectivity index (χ2v) is 7.31. The van der Waals surface area contributed by atoms with Gasteiger partial charge in [0.25, 0.3) is 0 Å². The summed E-state index contributed by atoms with van der Waals surface area (Å²) < 4.78 is 6.70. The van der Waals surface area contributed by atoms with Gasteiger partial charge < -0.3 is 10.1 Å². The predicted octanol–water partition coefficient (Wildman–Crippen LogP) is 4.72. The number of rotatable bonds is 6. The van der Waals surface area contributed by atoms with Gasteiger partial charge in [0.1, 0.15) is 5.75 Å². The molecule has 1 atom stereocenters. The molecule has 2 rings (SSSR count). The van der Waals surface area contributed by atoms with Crippen LogP contribution in [-0.4, -0.2) is 13.7 Å². The van der Waals surface area contributed by atoms with E-state index in [1.54, 1.807) is 18.4 Å². The maximum Gasteiger partial charge on any atom is 0.123 e. The fourth-order valence-electron chi connectivity index (χ4n) is 2.33. The Morgan fingerprint density at radius 2 is 2.10 bits per heavy atom. The largest absolute Gasteiger partial charge is 0.496 e. The van der Waals surface area contributed by atoms with Crippen LogP contribution in [0.25, 0.3) is 0 Å². The molecule has 0 aliphatic heterocycles. The molecule has 0 spiro atoms. The first-order valence-electron chi connectivity index (χ1n) is 6.76. The Bertz CT molecular complexity index is 567. The summed E-state index contributed by atoms with van der Waals surface area (Å²) in [5.41, 5.74) is 2.50. The lowest BCUT2D eigenvalue weighted by atomic mass is 9.99. The van der Waals surface area contributed by atoms with Crippen molar-refractivity contribution in [3.63, 3.8) is 0 Å². The number of methoxy groups -OCH3 is 1. The van der Waals surface area contributed by atoms with Gasteiger partial charge in [-0.25, -0.2) is 0 Å². The lowest BCUT2D eigenvalue weighted by Gasteiger charge is -2.21. The number of likely N-dealkylation sites (N-methyl/N-ethyl adjacent to an activating group) is 1. The van der Waals surface area contributed by atoms with Gasteiger partial charge in [0, 0.05) is 22.9 Å². The third-order valence-corrected chi connectivity index (χ3v) is 4.89. The monoisotopic (exact) mass is 353 g/mol. The van der Waals surface area contributed by atoms with Crippen LogP contribution in [0, 0.1) is 6.92 Å². The summed E-state index contributed by atoms with van der Waals surface area (Å²) in [6.45, 7) is 5.20. The minimum atomic E-state index is 0.278. The molecule has 1 unspecified atom stereocenters. The van der Waals surface area contributed by atoms with Crippen LogP contribution in [0.15, 0.2) is 34.1 Å². The molecule has 1 aromatic heterocycles. The van der Waals surface area contributed by atoms with Crippen LogP contribution in [0.2, 0.25) is 0 Å². The van der Waals surface area contributed by atoms with Crippen LogP contribution in [0.3, 0.4) is 0 Å². The van der Waals surface area contributed by atoms with E-state index in [0.717, 1.165) is 18.7 Å². The van der Waals surface area contributed by atoms with Crippen molar-refractivity contribution in [2.24, 2.45) is 0 Å². The number of nitrogens with one attached hydrogen (secondary N) is 1. The van der Waals surface area contributed by atoms with Crippen LogP contribution < -0.4 is 10.1 Å². The Kier molecular flexibility index (Phi) is 5.64. The zero-order valence-corrected chi connectivity index (χ0v) is 14.5. The fraction of sp³-hybridized carbons (Fsp3) is 0.375. The summed E-state index contributed by atoms with van der Waals surface area (Å²) in [4.78, 5) is 1.37. The molecule has 0 aliphatic rings. The summed E-state index contributed by atoms with van der Waals surface area (Å²) in [6.07, 6.45) is 0.976. The molecular formula is C16H20BrNOS. The lowest BCUT2D eigenvalue weighted by Crippen LogP contribution is -2.23. The third-order valence-electron chi connectivity index (χ3n) is 3.25. The fourth-order valence-corrected chi connectivity index (χ4v) is 3.86. The quantitative estimate of drug-likeness (QED) is 0.810. The van der Waals surface area contributed by atoms with Gasteiger partial charge in [-0.1, -0.05) is 24.6 Å². The minimum absolute atomic E-state index is 0.278. The average Bonchev–Trinajstić information content (AvgIpc) is 2.84. The Balaban J connectivity index is 2.30. The number of thiophene rings is 1. The normalized spacial score (nSPS) is 12.4. The van der Waals surface area contributed by atoms with Gasteiger partial charge in [0.05, 0.1) is 10.9 Å². The van der Waals surface area contributed by atoms with Crippen molar-refractivity contribution in [3.05, 3.63) is 50.1 Å². The standard InChI is InChI=1S/C16H20BrNOS/c1-4-18-14(10-12-6-8-16(17)20-12)13-9-11(2)5-7-15(13)19-3/h5-9,14,18H,4,10H2,1-3H3. The average molecular weight is 354 g/mol. The first-order valence-corrected chi connectivity index (χ1v) is 8.37. The molecule has 2 aromatic rings. The Labute approximate surface area is 133 Å². The molecule has 0 saturated heterocycles. The molecule has 1 N–H and O–H groups in total. The number of ether oxygens (including phenoxy) is 1. The van der Waals surface area contributed by atoms with E-state index in [0.29, 0.717) is 0 Å². The molecule has 0 radical (unpaired) electrons. The van der Waals surface area contributed by atoms with Crippen molar-refractivity contribution < 1.29 is 4.74 Å².